The molecule has 2 heteroatoms. The van der Waals surface area contributed by atoms with Crippen LogP contribution < -0.4 is 0 Å². The van der Waals surface area contributed by atoms with Gasteiger partial charge in [0.2, 0.25) is 0 Å². The molecule has 1 unspecified atom stereocenters. The van der Waals surface area contributed by atoms with E-state index in [-0.39, 0.29) is 37.1 Å². The van der Waals surface area contributed by atoms with Gasteiger partial charge in [-0.2, -0.15) is 0 Å². The molecule has 0 radical (unpaired) electrons. The van der Waals surface area contributed by atoms with Crippen LogP contribution in [0.1, 0.15) is 57.4 Å². The van der Waals surface area contributed by atoms with Crippen molar-refractivity contribution in [2.75, 3.05) is 6.61 Å². The van der Waals surface area contributed by atoms with Gasteiger partial charge in [-0.25, -0.2) is 0 Å². The van der Waals surface area contributed by atoms with Crippen molar-refractivity contribution < 1.29 is 5.11 Å². The van der Waals surface area contributed by atoms with Crippen LogP contribution in [0.15, 0.2) is 0 Å². The molecule has 0 spiro atoms. The van der Waals surface area contributed by atoms with Crippen LogP contribution in [0.4, 0.5) is 0 Å². The monoisotopic (exact) mass is 435 g/mol. The van der Waals surface area contributed by atoms with Crippen molar-refractivity contribution in [3.05, 3.63) is 0 Å². The van der Waals surface area contributed by atoms with Crippen molar-refractivity contribution in [1.29, 1.82) is 0 Å². The first-order valence-corrected chi connectivity index (χ1v) is 2.42. The van der Waals surface area contributed by atoms with E-state index in [1.807, 2.05) is 6.92 Å². The summed E-state index contributed by atoms with van der Waals surface area (Å²) < 4.78 is 0. The molecule has 12 heavy (non-hydrogen) atoms. The molecule has 0 saturated carbocycles. The summed E-state index contributed by atoms with van der Waals surface area (Å²) in [4.78, 5) is 0. The van der Waals surface area contributed by atoms with Crippen LogP contribution >= 0.6 is 0 Å². The van der Waals surface area contributed by atoms with E-state index < -0.39 is 0 Å². The fraction of sp³-hybridized carbons (Fsp3) is 1.00. The SMILES string of the molecule is C.C.C.C.C.CCC(C)CO.[Rf]. The third-order valence-electron chi connectivity index (χ3n) is 1.01. The van der Waals surface area contributed by atoms with Crippen LogP contribution in [0.5, 0.6) is 0 Å². The maximum absolute atomic E-state index is 8.33. The van der Waals surface area contributed by atoms with Crippen LogP contribution in [0.25, 0.3) is 0 Å². The van der Waals surface area contributed by atoms with Crippen LogP contribution in [-0.4, -0.2) is 11.7 Å². The van der Waals surface area contributed by atoms with E-state index in [0.717, 1.165) is 6.42 Å². The minimum absolute atomic E-state index is 0. The van der Waals surface area contributed by atoms with Gasteiger partial charge in [-0.05, 0) is 5.92 Å². The van der Waals surface area contributed by atoms with E-state index in [9.17, 15) is 0 Å². The molecule has 1 N–H and O–H groups in total. The van der Waals surface area contributed by atoms with E-state index in [4.69, 9.17) is 5.11 Å². The summed E-state index contributed by atoms with van der Waals surface area (Å²) >= 11 is 0. The largest absolute Gasteiger partial charge is 0.396 e. The molecule has 0 rings (SSSR count). The molecule has 0 fully saturated rings. The van der Waals surface area contributed by atoms with Crippen LogP contribution in [0.3, 0.4) is 0 Å². The summed E-state index contributed by atoms with van der Waals surface area (Å²) in [5.41, 5.74) is 0. The first-order valence-electron chi connectivity index (χ1n) is 2.42. The van der Waals surface area contributed by atoms with Crippen LogP contribution in [-0.2, 0) is 0 Å². The van der Waals surface area contributed by atoms with Gasteiger partial charge in [-0.1, -0.05) is 57.4 Å². The zero-order valence-corrected chi connectivity index (χ0v) is 11.5. The molecular weight excluding hydrogens is 403 g/mol. The molecule has 0 amide bonds. The summed E-state index contributed by atoms with van der Waals surface area (Å²) in [5, 5.41) is 8.33. The number of aliphatic hydroxyl groups excluding tert-OH is 1. The predicted molar refractivity (Wildman–Crippen MR) is 60.2 cm³/mol. The molecule has 1 nitrogen and oxygen atoms in total. The fourth-order valence-electron chi connectivity index (χ4n) is 0.129. The Labute approximate surface area is 75.8 Å². The number of hydrogen-bond donors (Lipinski definition) is 1. The number of aliphatic hydroxyl groups is 1. The molecule has 0 heterocycles. The fourth-order valence-corrected chi connectivity index (χ4v) is 0.129. The maximum Gasteiger partial charge on any atom is 0.0456 e. The van der Waals surface area contributed by atoms with Gasteiger partial charge in [0, 0.05) is 6.61 Å². The maximum atomic E-state index is 8.33. The Hall–Kier alpha value is -1.04. The second kappa shape index (κ2) is 51.0. The summed E-state index contributed by atoms with van der Waals surface area (Å²) in [5.74, 6) is 0.491. The molecule has 0 aliphatic carbocycles. The van der Waals surface area contributed by atoms with E-state index in [1.54, 1.807) is 0 Å². The van der Waals surface area contributed by atoms with Gasteiger partial charge >= 0.3 is 0 Å². The van der Waals surface area contributed by atoms with E-state index in [1.165, 1.54) is 0 Å². The standard InChI is InChI=1S/C5H12O.5CH4.Rf/c1-3-5(2)4-6;;;;;;/h5-6H,3-4H2,1-2H3;5*1H4;. The molecule has 0 aromatic rings. The Morgan fingerprint density at radius 1 is 1.00 bits per heavy atom. The Morgan fingerprint density at radius 3 is 1.25 bits per heavy atom. The minimum Gasteiger partial charge on any atom is -0.396 e. The van der Waals surface area contributed by atoms with Gasteiger partial charge in [0.05, 0.1) is 0 Å². The molecule has 0 saturated heterocycles. The molecule has 0 bridgehead atoms. The van der Waals surface area contributed by atoms with Crippen molar-refractivity contribution in [2.45, 2.75) is 57.4 Å². The van der Waals surface area contributed by atoms with Crippen molar-refractivity contribution in [1.82, 2.24) is 0 Å². The van der Waals surface area contributed by atoms with Crippen molar-refractivity contribution in [3.8, 4) is 0 Å². The Morgan fingerprint density at radius 2 is 1.25 bits per heavy atom. The summed E-state index contributed by atoms with van der Waals surface area (Å²) in [6.45, 7) is 4.43. The number of hydrogen-bond acceptors (Lipinski definition) is 1. The Kier molecular flexibility index (Phi) is 295. The third kappa shape index (κ3) is 64.8. The quantitative estimate of drug-likeness (QED) is 0.689. The topological polar surface area (TPSA) is 20.2 Å². The Bertz CT molecular complexity index is 29.0. The van der Waals surface area contributed by atoms with Gasteiger partial charge in [-0.15, -0.1) is 0 Å². The first-order chi connectivity index (χ1) is 2.81. The van der Waals surface area contributed by atoms with Gasteiger partial charge in [-0.3, -0.25) is 0 Å². The minimum atomic E-state index is 0. The normalized spacial score (nSPS) is 7.25. The summed E-state index contributed by atoms with van der Waals surface area (Å²) in [6.07, 6.45) is 1.08. The molecule has 0 aliphatic rings. The molecular formula is C10H32ORf. The summed E-state index contributed by atoms with van der Waals surface area (Å²) in [7, 11) is 0. The van der Waals surface area contributed by atoms with Gasteiger partial charge in [0.25, 0.3) is 0 Å². The van der Waals surface area contributed by atoms with E-state index >= 15 is 0 Å². The van der Waals surface area contributed by atoms with Gasteiger partial charge < -0.3 is 5.11 Å². The third-order valence-corrected chi connectivity index (χ3v) is 1.01. The average molecular weight is 435 g/mol. The smallest absolute Gasteiger partial charge is 0.0456 e. The van der Waals surface area contributed by atoms with Crippen molar-refractivity contribution >= 4 is 0 Å². The van der Waals surface area contributed by atoms with Gasteiger partial charge in [0.15, 0.2) is 0 Å². The number of rotatable bonds is 2. The predicted octanol–water partition coefficient (Wildman–Crippen LogP) is 4.21. The second-order valence-electron chi connectivity index (χ2n) is 1.70. The zero-order valence-electron chi connectivity index (χ0n) is 5.15. The van der Waals surface area contributed by atoms with E-state index in [2.05, 4.69) is 6.92 Å². The first kappa shape index (κ1) is 69.3. The van der Waals surface area contributed by atoms with E-state index in [0.29, 0.717) is 12.5 Å². The zero-order chi connectivity index (χ0) is 4.99. The van der Waals surface area contributed by atoms with Crippen molar-refractivity contribution in [2.24, 2.45) is 5.92 Å². The molecule has 0 aliphatic heterocycles. The second-order valence-corrected chi connectivity index (χ2v) is 1.70. The van der Waals surface area contributed by atoms with Crippen molar-refractivity contribution in [3.63, 3.8) is 0 Å². The average Bonchev–Trinajstić information content (AvgIpc) is 1.65. The van der Waals surface area contributed by atoms with Crippen LogP contribution in [0, 0.1) is 5.92 Å². The van der Waals surface area contributed by atoms with Gasteiger partial charge in [0.1, 0.15) is 0 Å². The summed E-state index contributed by atoms with van der Waals surface area (Å²) in [6, 6.07) is 0. The van der Waals surface area contributed by atoms with Crippen LogP contribution in [0.2, 0.25) is 0 Å². The molecule has 80 valence electrons. The molecule has 1 atom stereocenters. The Balaban J connectivity index is -0.00000000833. The molecule has 0 aromatic heterocycles. The molecule has 0 aromatic carbocycles.